The fourth-order valence-corrected chi connectivity index (χ4v) is 2.99. The lowest BCUT2D eigenvalue weighted by Crippen LogP contribution is -2.35. The Kier molecular flexibility index (Phi) is 3.93. The molecule has 2 N–H and O–H groups in total. The summed E-state index contributed by atoms with van der Waals surface area (Å²) in [6.45, 7) is 1.67. The summed E-state index contributed by atoms with van der Waals surface area (Å²) in [7, 11) is 0. The molecule has 0 spiro atoms. The van der Waals surface area contributed by atoms with Crippen molar-refractivity contribution in [3.63, 3.8) is 0 Å². The number of halogens is 2. The van der Waals surface area contributed by atoms with Crippen molar-refractivity contribution in [1.82, 2.24) is 14.9 Å². The lowest BCUT2D eigenvalue weighted by atomic mass is 10.1. The maximum Gasteiger partial charge on any atom is 0.255 e. The van der Waals surface area contributed by atoms with Gasteiger partial charge in [-0.1, -0.05) is 23.7 Å². The van der Waals surface area contributed by atoms with Crippen molar-refractivity contribution in [3.05, 3.63) is 61.0 Å². The molecule has 3 rings (SSSR count). The molecule has 2 heterocycles. The van der Waals surface area contributed by atoms with Crippen LogP contribution in [0, 0.1) is 10.6 Å². The van der Waals surface area contributed by atoms with Gasteiger partial charge >= 0.3 is 0 Å². The van der Waals surface area contributed by atoms with Gasteiger partial charge in [0.1, 0.15) is 5.82 Å². The Morgan fingerprint density at radius 2 is 2.19 bits per heavy atom. The van der Waals surface area contributed by atoms with Crippen molar-refractivity contribution < 1.29 is 4.39 Å². The standard InChI is InChI=1S/C14H13ClFN3OS/c15-10-3-1-2-8(12(10)16)6-19-5-4-9-11(7-19)17-14(21)18-13(9)20/h1-3H,4-7H2,(H2,17,18,20,21). The van der Waals surface area contributed by atoms with Crippen LogP contribution < -0.4 is 5.56 Å². The van der Waals surface area contributed by atoms with Crippen molar-refractivity contribution in [2.75, 3.05) is 6.54 Å². The molecule has 0 radical (unpaired) electrons. The number of aromatic amines is 2. The van der Waals surface area contributed by atoms with Crippen LogP contribution in [0.4, 0.5) is 4.39 Å². The highest BCUT2D eigenvalue weighted by Gasteiger charge is 2.20. The zero-order chi connectivity index (χ0) is 15.0. The van der Waals surface area contributed by atoms with E-state index in [2.05, 4.69) is 14.9 Å². The molecule has 7 heteroatoms. The molecular formula is C14H13ClFN3OS. The topological polar surface area (TPSA) is 51.9 Å². The van der Waals surface area contributed by atoms with Gasteiger partial charge in [-0.25, -0.2) is 4.39 Å². The number of benzene rings is 1. The monoisotopic (exact) mass is 325 g/mol. The van der Waals surface area contributed by atoms with Crippen molar-refractivity contribution in [2.45, 2.75) is 19.5 Å². The SMILES string of the molecule is O=c1[nH]c(=S)[nH]c2c1CCN(Cc1cccc(Cl)c1F)C2. The van der Waals surface area contributed by atoms with Crippen molar-refractivity contribution in [1.29, 1.82) is 0 Å². The highest BCUT2D eigenvalue weighted by atomic mass is 35.5. The predicted molar refractivity (Wildman–Crippen MR) is 81.5 cm³/mol. The molecule has 1 aliphatic heterocycles. The molecule has 110 valence electrons. The van der Waals surface area contributed by atoms with E-state index in [0.717, 1.165) is 11.3 Å². The van der Waals surface area contributed by atoms with Crippen molar-refractivity contribution in [2.24, 2.45) is 0 Å². The van der Waals surface area contributed by atoms with E-state index in [-0.39, 0.29) is 16.4 Å². The quantitative estimate of drug-likeness (QED) is 0.835. The summed E-state index contributed by atoms with van der Waals surface area (Å²) in [5, 5.41) is 0.126. The third-order valence-corrected chi connectivity index (χ3v) is 4.11. The largest absolute Gasteiger partial charge is 0.334 e. The molecule has 1 aromatic heterocycles. The van der Waals surface area contributed by atoms with E-state index in [0.29, 0.717) is 36.4 Å². The summed E-state index contributed by atoms with van der Waals surface area (Å²) in [6, 6.07) is 4.98. The number of rotatable bonds is 2. The Bertz CT molecular complexity index is 802. The zero-order valence-electron chi connectivity index (χ0n) is 11.1. The molecule has 0 fully saturated rings. The Labute approximate surface area is 130 Å². The van der Waals surface area contributed by atoms with Gasteiger partial charge < -0.3 is 4.98 Å². The molecule has 0 aliphatic carbocycles. The molecule has 0 saturated carbocycles. The second-order valence-corrected chi connectivity index (χ2v) is 5.85. The van der Waals surface area contributed by atoms with Gasteiger partial charge in [0.05, 0.1) is 5.02 Å². The van der Waals surface area contributed by atoms with Gasteiger partial charge in [0, 0.05) is 36.5 Å². The first-order valence-corrected chi connectivity index (χ1v) is 7.33. The van der Waals surface area contributed by atoms with Gasteiger partial charge in [-0.3, -0.25) is 14.7 Å². The summed E-state index contributed by atoms with van der Waals surface area (Å²) in [5.41, 5.74) is 1.94. The van der Waals surface area contributed by atoms with Gasteiger partial charge in [-0.2, -0.15) is 0 Å². The van der Waals surface area contributed by atoms with Crippen molar-refractivity contribution >= 4 is 23.8 Å². The second-order valence-electron chi connectivity index (χ2n) is 5.04. The first-order chi connectivity index (χ1) is 10.0. The lowest BCUT2D eigenvalue weighted by Gasteiger charge is -2.28. The smallest absolute Gasteiger partial charge is 0.255 e. The Balaban J connectivity index is 1.85. The summed E-state index contributed by atoms with van der Waals surface area (Å²) in [6.07, 6.45) is 0.610. The van der Waals surface area contributed by atoms with Crippen LogP contribution in [-0.4, -0.2) is 21.4 Å². The number of nitrogens with zero attached hydrogens (tertiary/aromatic N) is 1. The molecule has 2 aromatic rings. The third-order valence-electron chi connectivity index (χ3n) is 3.62. The molecule has 0 bridgehead atoms. The number of hydrogen-bond donors (Lipinski definition) is 2. The predicted octanol–water partition coefficient (Wildman–Crippen LogP) is 2.78. The highest BCUT2D eigenvalue weighted by molar-refractivity contribution is 7.71. The normalized spacial score (nSPS) is 15.0. The minimum atomic E-state index is -0.385. The van der Waals surface area contributed by atoms with Gasteiger partial charge in [0.15, 0.2) is 4.77 Å². The molecule has 21 heavy (non-hydrogen) atoms. The zero-order valence-corrected chi connectivity index (χ0v) is 12.7. The molecule has 0 saturated heterocycles. The van der Waals surface area contributed by atoms with Crippen LogP contribution >= 0.6 is 23.8 Å². The molecule has 0 unspecified atom stereocenters. The van der Waals surface area contributed by atoms with E-state index in [1.54, 1.807) is 12.1 Å². The van der Waals surface area contributed by atoms with Crippen LogP contribution in [0.15, 0.2) is 23.0 Å². The van der Waals surface area contributed by atoms with Crippen LogP contribution in [0.2, 0.25) is 5.02 Å². The van der Waals surface area contributed by atoms with Crippen LogP contribution in [-0.2, 0) is 19.5 Å². The molecule has 1 aromatic carbocycles. The molecule has 0 atom stereocenters. The maximum atomic E-state index is 13.9. The lowest BCUT2D eigenvalue weighted by molar-refractivity contribution is 0.237. The number of hydrogen-bond acceptors (Lipinski definition) is 3. The third kappa shape index (κ3) is 2.92. The van der Waals surface area contributed by atoms with E-state index >= 15 is 0 Å². The molecule has 1 aliphatic rings. The number of fused-ring (bicyclic) bond motifs is 1. The van der Waals surface area contributed by atoms with Crippen LogP contribution in [0.1, 0.15) is 16.8 Å². The average molecular weight is 326 g/mol. The Hall–Kier alpha value is -1.50. The Morgan fingerprint density at radius 3 is 3.00 bits per heavy atom. The van der Waals surface area contributed by atoms with Crippen LogP contribution in [0.3, 0.4) is 0 Å². The van der Waals surface area contributed by atoms with Gasteiger partial charge in [-0.05, 0) is 24.7 Å². The maximum absolute atomic E-state index is 13.9. The Morgan fingerprint density at radius 1 is 1.38 bits per heavy atom. The summed E-state index contributed by atoms with van der Waals surface area (Å²) >= 11 is 10.8. The summed E-state index contributed by atoms with van der Waals surface area (Å²) < 4.78 is 14.3. The minimum Gasteiger partial charge on any atom is -0.334 e. The fourth-order valence-electron chi connectivity index (χ4n) is 2.58. The van der Waals surface area contributed by atoms with E-state index in [9.17, 15) is 9.18 Å². The molecular weight excluding hydrogens is 313 g/mol. The minimum absolute atomic E-state index is 0.126. The number of nitrogens with one attached hydrogen (secondary N) is 2. The van der Waals surface area contributed by atoms with Crippen LogP contribution in [0.25, 0.3) is 0 Å². The first kappa shape index (κ1) is 14.4. The van der Waals surface area contributed by atoms with Crippen molar-refractivity contribution in [3.8, 4) is 0 Å². The van der Waals surface area contributed by atoms with E-state index < -0.39 is 0 Å². The van der Waals surface area contributed by atoms with E-state index in [4.69, 9.17) is 23.8 Å². The summed E-state index contributed by atoms with van der Waals surface area (Å²) in [5.74, 6) is -0.385. The summed E-state index contributed by atoms with van der Waals surface area (Å²) in [4.78, 5) is 19.5. The molecule has 4 nitrogen and oxygen atoms in total. The fraction of sp³-hybridized carbons (Fsp3) is 0.286. The first-order valence-electron chi connectivity index (χ1n) is 6.54. The van der Waals surface area contributed by atoms with Gasteiger partial charge in [0.25, 0.3) is 5.56 Å². The van der Waals surface area contributed by atoms with E-state index in [1.807, 2.05) is 0 Å². The number of aromatic nitrogens is 2. The second kappa shape index (κ2) is 5.71. The number of H-pyrrole nitrogens is 2. The van der Waals surface area contributed by atoms with Crippen LogP contribution in [0.5, 0.6) is 0 Å². The highest BCUT2D eigenvalue weighted by Crippen LogP contribution is 2.21. The van der Waals surface area contributed by atoms with Gasteiger partial charge in [-0.15, -0.1) is 0 Å². The average Bonchev–Trinajstić information content (AvgIpc) is 2.43. The van der Waals surface area contributed by atoms with Gasteiger partial charge in [0.2, 0.25) is 0 Å². The van der Waals surface area contributed by atoms with E-state index in [1.165, 1.54) is 6.07 Å². The molecule has 0 amide bonds.